The summed E-state index contributed by atoms with van der Waals surface area (Å²) in [6.07, 6.45) is 1.36. The molecule has 8 heteroatoms. The van der Waals surface area contributed by atoms with E-state index in [0.717, 1.165) is 51.8 Å². The Hall–Kier alpha value is -2.97. The number of carbonyl (C=O) groups excluding carboxylic acids is 1. The molecule has 0 saturated carbocycles. The normalized spacial score (nSPS) is 15.7. The van der Waals surface area contributed by atoms with E-state index in [1.807, 2.05) is 53.4 Å². The van der Waals surface area contributed by atoms with Gasteiger partial charge in [0.15, 0.2) is 0 Å². The molecule has 1 saturated heterocycles. The Balaban J connectivity index is 1.46. The topological polar surface area (TPSA) is 67.8 Å². The van der Waals surface area contributed by atoms with E-state index in [-0.39, 0.29) is 5.91 Å². The first-order valence-electron chi connectivity index (χ1n) is 11.5. The number of anilines is 1. The van der Waals surface area contributed by atoms with Crippen LogP contribution in [0.5, 0.6) is 5.75 Å². The molecule has 7 nitrogen and oxygen atoms in total. The molecule has 3 aromatic rings. The van der Waals surface area contributed by atoms with Gasteiger partial charge in [-0.2, -0.15) is 0 Å². The lowest BCUT2D eigenvalue weighted by atomic mass is 10.0. The van der Waals surface area contributed by atoms with Crippen molar-refractivity contribution in [1.29, 1.82) is 0 Å². The highest BCUT2D eigenvalue weighted by Crippen LogP contribution is 2.30. The number of fused-ring (bicyclic) bond motifs is 1. The molecule has 0 atom stereocenters. The molecule has 1 aromatic heterocycles. The van der Waals surface area contributed by atoms with Crippen LogP contribution in [-0.4, -0.2) is 60.7 Å². The minimum absolute atomic E-state index is 0.0216. The van der Waals surface area contributed by atoms with Crippen LogP contribution >= 0.6 is 15.9 Å². The molecule has 0 spiro atoms. The zero-order chi connectivity index (χ0) is 23.5. The Kier molecular flexibility index (Phi) is 6.78. The largest absolute Gasteiger partial charge is 0.497 e. The summed E-state index contributed by atoms with van der Waals surface area (Å²) in [5, 5.41) is 0. The lowest BCUT2D eigenvalue weighted by Gasteiger charge is -2.34. The zero-order valence-corrected chi connectivity index (χ0v) is 20.8. The molecule has 0 bridgehead atoms. The SMILES string of the molecule is COc1ccc(Cc2nc3c(c(N4CCOCC4)n2)CN(C(=O)c2ccccc2Br)CC3)cc1. The zero-order valence-electron chi connectivity index (χ0n) is 19.2. The van der Waals surface area contributed by atoms with E-state index in [9.17, 15) is 4.79 Å². The van der Waals surface area contributed by atoms with Crippen LogP contribution in [0.1, 0.15) is 33.0 Å². The van der Waals surface area contributed by atoms with Gasteiger partial charge in [-0.25, -0.2) is 9.97 Å². The summed E-state index contributed by atoms with van der Waals surface area (Å²) in [5.41, 5.74) is 3.90. The molecule has 0 aliphatic carbocycles. The van der Waals surface area contributed by atoms with Gasteiger partial charge in [0.25, 0.3) is 5.91 Å². The van der Waals surface area contributed by atoms with Gasteiger partial charge in [0.2, 0.25) is 0 Å². The van der Waals surface area contributed by atoms with Gasteiger partial charge in [0.1, 0.15) is 17.4 Å². The quantitative estimate of drug-likeness (QED) is 0.506. The van der Waals surface area contributed by atoms with Gasteiger partial charge in [-0.1, -0.05) is 24.3 Å². The maximum Gasteiger partial charge on any atom is 0.255 e. The van der Waals surface area contributed by atoms with Gasteiger partial charge >= 0.3 is 0 Å². The molecule has 3 heterocycles. The molecule has 1 fully saturated rings. The second-order valence-corrected chi connectivity index (χ2v) is 9.32. The molecule has 2 aromatic carbocycles. The highest BCUT2D eigenvalue weighted by molar-refractivity contribution is 9.10. The molecule has 0 unspecified atom stereocenters. The molecule has 176 valence electrons. The predicted molar refractivity (Wildman–Crippen MR) is 133 cm³/mol. The highest BCUT2D eigenvalue weighted by Gasteiger charge is 2.29. The Morgan fingerprint density at radius 1 is 1.06 bits per heavy atom. The monoisotopic (exact) mass is 522 g/mol. The molecule has 1 amide bonds. The average Bonchev–Trinajstić information content (AvgIpc) is 2.89. The van der Waals surface area contributed by atoms with Crippen molar-refractivity contribution >= 4 is 27.7 Å². The number of nitrogens with zero attached hydrogens (tertiary/aromatic N) is 4. The summed E-state index contributed by atoms with van der Waals surface area (Å²) < 4.78 is 11.7. The maximum atomic E-state index is 13.3. The standard InChI is InChI=1S/C26H27BrN4O3/c1-33-19-8-6-18(7-9-19)16-24-28-23-10-11-31(26(32)20-4-2-3-5-22(20)27)17-21(23)25(29-24)30-12-14-34-15-13-30/h2-9H,10-17H2,1H3. The van der Waals surface area contributed by atoms with Crippen LogP contribution in [0.3, 0.4) is 0 Å². The number of benzene rings is 2. The average molecular weight is 523 g/mol. The third-order valence-electron chi connectivity index (χ3n) is 6.31. The second-order valence-electron chi connectivity index (χ2n) is 8.47. The fraction of sp³-hybridized carbons (Fsp3) is 0.346. The number of halogens is 1. The molecule has 2 aliphatic heterocycles. The maximum absolute atomic E-state index is 13.3. The molecular formula is C26H27BrN4O3. The first kappa shape index (κ1) is 22.8. The molecule has 5 rings (SSSR count). The fourth-order valence-corrected chi connectivity index (χ4v) is 4.92. The smallest absolute Gasteiger partial charge is 0.255 e. The number of ether oxygens (including phenoxy) is 2. The third-order valence-corrected chi connectivity index (χ3v) is 7.00. The van der Waals surface area contributed by atoms with Crippen LogP contribution in [0.4, 0.5) is 5.82 Å². The summed E-state index contributed by atoms with van der Waals surface area (Å²) in [7, 11) is 1.67. The molecule has 34 heavy (non-hydrogen) atoms. The lowest BCUT2D eigenvalue weighted by molar-refractivity contribution is 0.0732. The third kappa shape index (κ3) is 4.79. The van der Waals surface area contributed by atoms with Crippen molar-refractivity contribution < 1.29 is 14.3 Å². The molecular weight excluding hydrogens is 496 g/mol. The second kappa shape index (κ2) is 10.1. The number of morpholine rings is 1. The minimum Gasteiger partial charge on any atom is -0.497 e. The van der Waals surface area contributed by atoms with Gasteiger partial charge in [0.05, 0.1) is 38.1 Å². The van der Waals surface area contributed by atoms with Crippen molar-refractivity contribution in [3.05, 3.63) is 81.2 Å². The van der Waals surface area contributed by atoms with Crippen LogP contribution < -0.4 is 9.64 Å². The van der Waals surface area contributed by atoms with Crippen LogP contribution in [-0.2, 0) is 24.1 Å². The summed E-state index contributed by atoms with van der Waals surface area (Å²) in [4.78, 5) is 27.4. The van der Waals surface area contributed by atoms with E-state index < -0.39 is 0 Å². The first-order chi connectivity index (χ1) is 16.6. The fourth-order valence-electron chi connectivity index (χ4n) is 4.47. The number of hydrogen-bond donors (Lipinski definition) is 0. The molecule has 2 aliphatic rings. The van der Waals surface area contributed by atoms with Crippen LogP contribution in [0.15, 0.2) is 53.0 Å². The predicted octanol–water partition coefficient (Wildman–Crippen LogP) is 3.87. The summed E-state index contributed by atoms with van der Waals surface area (Å²) in [6, 6.07) is 15.6. The lowest BCUT2D eigenvalue weighted by Crippen LogP contribution is -2.41. The molecule has 0 N–H and O–H groups in total. The van der Waals surface area contributed by atoms with Crippen molar-refractivity contribution in [2.24, 2.45) is 0 Å². The van der Waals surface area contributed by atoms with E-state index in [4.69, 9.17) is 19.4 Å². The van der Waals surface area contributed by atoms with E-state index in [1.54, 1.807) is 7.11 Å². The Labute approximate surface area is 207 Å². The van der Waals surface area contributed by atoms with Gasteiger partial charge < -0.3 is 19.3 Å². The van der Waals surface area contributed by atoms with Gasteiger partial charge in [-0.15, -0.1) is 0 Å². The highest BCUT2D eigenvalue weighted by atomic mass is 79.9. The van der Waals surface area contributed by atoms with Crippen LogP contribution in [0.2, 0.25) is 0 Å². The number of hydrogen-bond acceptors (Lipinski definition) is 6. The van der Waals surface area contributed by atoms with Gasteiger partial charge in [0, 0.05) is 42.5 Å². The van der Waals surface area contributed by atoms with Crippen molar-refractivity contribution in [2.75, 3.05) is 44.9 Å². The minimum atomic E-state index is 0.0216. The number of aromatic nitrogens is 2. The van der Waals surface area contributed by atoms with Crippen molar-refractivity contribution in [3.8, 4) is 5.75 Å². The summed E-state index contributed by atoms with van der Waals surface area (Å²) in [6.45, 7) is 4.05. The van der Waals surface area contributed by atoms with Gasteiger partial charge in [-0.3, -0.25) is 4.79 Å². The Bertz CT molecular complexity index is 1180. The number of amides is 1. The van der Waals surface area contributed by atoms with E-state index >= 15 is 0 Å². The van der Waals surface area contributed by atoms with E-state index in [2.05, 4.69) is 20.8 Å². The van der Waals surface area contributed by atoms with Gasteiger partial charge in [-0.05, 0) is 45.8 Å². The van der Waals surface area contributed by atoms with E-state index in [0.29, 0.717) is 44.7 Å². The van der Waals surface area contributed by atoms with Crippen molar-refractivity contribution in [3.63, 3.8) is 0 Å². The Morgan fingerprint density at radius 3 is 2.56 bits per heavy atom. The van der Waals surface area contributed by atoms with Crippen LogP contribution in [0.25, 0.3) is 0 Å². The number of methoxy groups -OCH3 is 1. The summed E-state index contributed by atoms with van der Waals surface area (Å²) >= 11 is 3.52. The Morgan fingerprint density at radius 2 is 1.82 bits per heavy atom. The molecule has 0 radical (unpaired) electrons. The first-order valence-corrected chi connectivity index (χ1v) is 12.3. The van der Waals surface area contributed by atoms with Crippen molar-refractivity contribution in [1.82, 2.24) is 14.9 Å². The number of rotatable bonds is 5. The van der Waals surface area contributed by atoms with E-state index in [1.165, 1.54) is 0 Å². The van der Waals surface area contributed by atoms with Crippen LogP contribution in [0, 0.1) is 0 Å². The summed E-state index contributed by atoms with van der Waals surface area (Å²) in [5.74, 6) is 2.59. The van der Waals surface area contributed by atoms with Crippen molar-refractivity contribution in [2.45, 2.75) is 19.4 Å². The number of carbonyl (C=O) groups is 1.